The zero-order valence-electron chi connectivity index (χ0n) is 11.0. The Morgan fingerprint density at radius 2 is 1.89 bits per heavy atom. The van der Waals surface area contributed by atoms with Gasteiger partial charge in [-0.1, -0.05) is 0 Å². The molecule has 18 heavy (non-hydrogen) atoms. The van der Waals surface area contributed by atoms with Gasteiger partial charge in [-0.2, -0.15) is 4.31 Å². The summed E-state index contributed by atoms with van der Waals surface area (Å²) in [4.78, 5) is 0.244. The second-order valence-electron chi connectivity index (χ2n) is 4.01. The van der Waals surface area contributed by atoms with Crippen LogP contribution in [0.2, 0.25) is 0 Å². The Morgan fingerprint density at radius 1 is 1.33 bits per heavy atom. The minimum absolute atomic E-state index is 0.235. The lowest BCUT2D eigenvalue weighted by atomic mass is 10.3. The number of sulfonamides is 1. The molecule has 0 saturated heterocycles. The van der Waals surface area contributed by atoms with E-state index in [1.807, 2.05) is 6.92 Å². The smallest absolute Gasteiger partial charge is 0.243 e. The van der Waals surface area contributed by atoms with E-state index in [1.54, 1.807) is 31.2 Å². The molecule has 5 nitrogen and oxygen atoms in total. The van der Waals surface area contributed by atoms with Gasteiger partial charge in [0, 0.05) is 19.6 Å². The molecule has 0 aliphatic carbocycles. The SMILES string of the molecule is CCOc1ccc(S(=O)(=O)N(C)C(C)CN)cc1. The molecule has 0 radical (unpaired) electrons. The average molecular weight is 272 g/mol. The van der Waals surface area contributed by atoms with Gasteiger partial charge in [0.15, 0.2) is 0 Å². The molecule has 1 aromatic rings. The summed E-state index contributed by atoms with van der Waals surface area (Å²) in [6.45, 7) is 4.48. The summed E-state index contributed by atoms with van der Waals surface area (Å²) < 4.78 is 31.0. The van der Waals surface area contributed by atoms with Gasteiger partial charge in [-0.3, -0.25) is 0 Å². The molecule has 0 amide bonds. The van der Waals surface area contributed by atoms with Gasteiger partial charge in [-0.05, 0) is 38.1 Å². The van der Waals surface area contributed by atoms with E-state index in [4.69, 9.17) is 10.5 Å². The van der Waals surface area contributed by atoms with Gasteiger partial charge in [0.2, 0.25) is 10.0 Å². The Kier molecular flexibility index (Phi) is 5.13. The molecule has 102 valence electrons. The molecule has 1 aromatic carbocycles. The van der Waals surface area contributed by atoms with Gasteiger partial charge in [0.1, 0.15) is 5.75 Å². The predicted molar refractivity (Wildman–Crippen MR) is 71.1 cm³/mol. The summed E-state index contributed by atoms with van der Waals surface area (Å²) >= 11 is 0. The molecular weight excluding hydrogens is 252 g/mol. The zero-order chi connectivity index (χ0) is 13.8. The first-order valence-corrected chi connectivity index (χ1v) is 7.28. The Morgan fingerprint density at radius 3 is 2.33 bits per heavy atom. The minimum Gasteiger partial charge on any atom is -0.494 e. The lowest BCUT2D eigenvalue weighted by molar-refractivity contribution is 0.340. The van der Waals surface area contributed by atoms with Crippen LogP contribution in [0.1, 0.15) is 13.8 Å². The largest absolute Gasteiger partial charge is 0.494 e. The monoisotopic (exact) mass is 272 g/mol. The van der Waals surface area contributed by atoms with Crippen molar-refractivity contribution < 1.29 is 13.2 Å². The molecule has 1 unspecified atom stereocenters. The molecule has 0 saturated carbocycles. The van der Waals surface area contributed by atoms with Crippen LogP contribution in [0.15, 0.2) is 29.2 Å². The Balaban J connectivity index is 2.98. The molecule has 2 N–H and O–H groups in total. The maximum absolute atomic E-state index is 12.2. The first kappa shape index (κ1) is 14.9. The van der Waals surface area contributed by atoms with Crippen LogP contribution in [0, 0.1) is 0 Å². The van der Waals surface area contributed by atoms with Gasteiger partial charge in [0.05, 0.1) is 11.5 Å². The van der Waals surface area contributed by atoms with Gasteiger partial charge in [-0.15, -0.1) is 0 Å². The van der Waals surface area contributed by atoms with Gasteiger partial charge >= 0.3 is 0 Å². The Bertz CT molecular complexity index is 471. The molecule has 1 rings (SSSR count). The third-order valence-corrected chi connectivity index (χ3v) is 4.76. The van der Waals surface area contributed by atoms with E-state index >= 15 is 0 Å². The number of nitrogens with zero attached hydrogens (tertiary/aromatic N) is 1. The molecule has 0 bridgehead atoms. The third kappa shape index (κ3) is 3.22. The molecular formula is C12H20N2O3S. The fourth-order valence-electron chi connectivity index (χ4n) is 1.43. The lowest BCUT2D eigenvalue weighted by Gasteiger charge is -2.23. The summed E-state index contributed by atoms with van der Waals surface area (Å²) in [5.74, 6) is 0.658. The van der Waals surface area contributed by atoms with Crippen molar-refractivity contribution in [2.24, 2.45) is 5.73 Å². The van der Waals surface area contributed by atoms with Crippen LogP contribution >= 0.6 is 0 Å². The first-order chi connectivity index (χ1) is 8.43. The number of benzene rings is 1. The van der Waals surface area contributed by atoms with Crippen molar-refractivity contribution in [3.05, 3.63) is 24.3 Å². The summed E-state index contributed by atoms with van der Waals surface area (Å²) in [7, 11) is -1.95. The van der Waals surface area contributed by atoms with E-state index in [1.165, 1.54) is 11.4 Å². The first-order valence-electron chi connectivity index (χ1n) is 5.84. The Labute approximate surface area is 109 Å². The summed E-state index contributed by atoms with van der Waals surface area (Å²) in [6, 6.07) is 6.15. The van der Waals surface area contributed by atoms with Crippen LogP contribution in [0.5, 0.6) is 5.75 Å². The lowest BCUT2D eigenvalue weighted by Crippen LogP contribution is -2.39. The average Bonchev–Trinajstić information content (AvgIpc) is 2.38. The molecule has 1 atom stereocenters. The molecule has 0 aliphatic heterocycles. The minimum atomic E-state index is -3.48. The van der Waals surface area contributed by atoms with Crippen LogP contribution in [0.4, 0.5) is 0 Å². The second-order valence-corrected chi connectivity index (χ2v) is 6.01. The van der Waals surface area contributed by atoms with Crippen LogP contribution in [0.3, 0.4) is 0 Å². The van der Waals surface area contributed by atoms with E-state index in [2.05, 4.69) is 0 Å². The topological polar surface area (TPSA) is 72.6 Å². The van der Waals surface area contributed by atoms with Gasteiger partial charge < -0.3 is 10.5 Å². The van der Waals surface area contributed by atoms with Crippen molar-refractivity contribution in [1.29, 1.82) is 0 Å². The van der Waals surface area contributed by atoms with E-state index in [0.717, 1.165) is 0 Å². The second kappa shape index (κ2) is 6.17. The molecule has 0 aromatic heterocycles. The van der Waals surface area contributed by atoms with Crippen molar-refractivity contribution in [3.63, 3.8) is 0 Å². The van der Waals surface area contributed by atoms with E-state index in [9.17, 15) is 8.42 Å². The number of ether oxygens (including phenoxy) is 1. The van der Waals surface area contributed by atoms with E-state index in [-0.39, 0.29) is 17.5 Å². The standard InChI is InChI=1S/C12H20N2O3S/c1-4-17-11-5-7-12(8-6-11)18(15,16)14(3)10(2)9-13/h5-8,10H,4,9,13H2,1-3H3. The van der Waals surface area contributed by atoms with E-state index < -0.39 is 10.0 Å². The normalized spacial score (nSPS) is 13.6. The van der Waals surface area contributed by atoms with Crippen LogP contribution < -0.4 is 10.5 Å². The maximum Gasteiger partial charge on any atom is 0.243 e. The van der Waals surface area contributed by atoms with Crippen LogP contribution in [-0.2, 0) is 10.0 Å². The Hall–Kier alpha value is -1.11. The predicted octanol–water partition coefficient (Wildman–Crippen LogP) is 1.05. The maximum atomic E-state index is 12.2. The highest BCUT2D eigenvalue weighted by atomic mass is 32.2. The summed E-state index contributed by atoms with van der Waals surface area (Å²) in [5, 5.41) is 0. The van der Waals surface area contributed by atoms with Gasteiger partial charge in [-0.25, -0.2) is 8.42 Å². The number of rotatable bonds is 6. The summed E-state index contributed by atoms with van der Waals surface area (Å²) in [5.41, 5.74) is 5.49. The van der Waals surface area contributed by atoms with Crippen LogP contribution in [-0.4, -0.2) is 39.0 Å². The molecule has 0 fully saturated rings. The molecule has 0 aliphatic rings. The van der Waals surface area contributed by atoms with Gasteiger partial charge in [0.25, 0.3) is 0 Å². The van der Waals surface area contributed by atoms with Crippen molar-refractivity contribution >= 4 is 10.0 Å². The fourth-order valence-corrected chi connectivity index (χ4v) is 2.80. The van der Waals surface area contributed by atoms with Crippen LogP contribution in [0.25, 0.3) is 0 Å². The van der Waals surface area contributed by atoms with Crippen molar-refractivity contribution in [2.45, 2.75) is 24.8 Å². The molecule has 6 heteroatoms. The number of nitrogens with two attached hydrogens (primary N) is 1. The fraction of sp³-hybridized carbons (Fsp3) is 0.500. The quantitative estimate of drug-likeness (QED) is 0.840. The van der Waals surface area contributed by atoms with Crippen molar-refractivity contribution in [1.82, 2.24) is 4.31 Å². The molecule has 0 heterocycles. The highest BCUT2D eigenvalue weighted by molar-refractivity contribution is 7.89. The summed E-state index contributed by atoms with van der Waals surface area (Å²) in [6.07, 6.45) is 0. The highest BCUT2D eigenvalue weighted by Crippen LogP contribution is 2.19. The third-order valence-electron chi connectivity index (χ3n) is 2.77. The number of hydrogen-bond donors (Lipinski definition) is 1. The van der Waals surface area contributed by atoms with Crippen molar-refractivity contribution in [2.75, 3.05) is 20.2 Å². The van der Waals surface area contributed by atoms with E-state index in [0.29, 0.717) is 12.4 Å². The number of likely N-dealkylation sites (N-methyl/N-ethyl adjacent to an activating group) is 1. The van der Waals surface area contributed by atoms with Crippen molar-refractivity contribution in [3.8, 4) is 5.75 Å². The molecule has 0 spiro atoms. The zero-order valence-corrected chi connectivity index (χ0v) is 11.8. The number of hydrogen-bond acceptors (Lipinski definition) is 4. The highest BCUT2D eigenvalue weighted by Gasteiger charge is 2.24.